The number of aryl methyl sites for hydroxylation is 1. The molecule has 0 nitrogen and oxygen atoms in total. The first-order valence-corrected chi connectivity index (χ1v) is 16.2. The fraction of sp³-hybridized carbons (Fsp3) is 0.375. The predicted molar refractivity (Wildman–Crippen MR) is 119 cm³/mol. The van der Waals surface area contributed by atoms with Gasteiger partial charge in [0.05, 0.1) is 0 Å². The van der Waals surface area contributed by atoms with E-state index in [0.29, 0.717) is 5.92 Å². The summed E-state index contributed by atoms with van der Waals surface area (Å²) in [6.45, 7) is 6.84. The van der Waals surface area contributed by atoms with E-state index < -0.39 is 20.8 Å². The van der Waals surface area contributed by atoms with Gasteiger partial charge in [-0.3, -0.25) is 0 Å². The normalized spacial score (nSPS) is 10.7. The fourth-order valence-electron chi connectivity index (χ4n) is 3.50. The molecule has 0 N–H and O–H groups in total. The fourth-order valence-corrected chi connectivity index (χ4v) is 3.50. The Labute approximate surface area is 183 Å². The average Bonchev–Trinajstić information content (AvgIpc) is 3.08. The van der Waals surface area contributed by atoms with E-state index in [0.717, 1.165) is 0 Å². The number of hydrogen-bond acceptors (Lipinski definition) is 0. The summed E-state index contributed by atoms with van der Waals surface area (Å²) in [6.07, 6.45) is 6.52. The quantitative estimate of drug-likeness (QED) is 0.234. The third kappa shape index (κ3) is 6.81. The summed E-state index contributed by atoms with van der Waals surface area (Å²) in [7, 11) is 9.87. The van der Waals surface area contributed by atoms with Crippen LogP contribution in [0.1, 0.15) is 63.5 Å². The van der Waals surface area contributed by atoms with Crippen molar-refractivity contribution in [2.24, 2.45) is 0 Å². The Hall–Kier alpha value is -0.487. The molecule has 3 aromatic carbocycles. The van der Waals surface area contributed by atoms with Crippen molar-refractivity contribution in [3.63, 3.8) is 0 Å². The minimum atomic E-state index is -0.826. The van der Waals surface area contributed by atoms with Gasteiger partial charge in [0.2, 0.25) is 0 Å². The summed E-state index contributed by atoms with van der Waals surface area (Å²) in [5.41, 5.74) is 5.65. The number of halogens is 2. The molecular weight excluding hydrogens is 450 g/mol. The second-order valence-electron chi connectivity index (χ2n) is 7.34. The zero-order chi connectivity index (χ0) is 19.6. The summed E-state index contributed by atoms with van der Waals surface area (Å²) in [6, 6.07) is 20.4. The van der Waals surface area contributed by atoms with Gasteiger partial charge in [-0.1, -0.05) is 94.0 Å². The number of benzene rings is 2. The van der Waals surface area contributed by atoms with Crippen molar-refractivity contribution in [1.29, 1.82) is 0 Å². The van der Waals surface area contributed by atoms with Gasteiger partial charge < -0.3 is 0 Å². The summed E-state index contributed by atoms with van der Waals surface area (Å²) in [4.78, 5) is 0. The van der Waals surface area contributed by atoms with Crippen LogP contribution in [0.2, 0.25) is 0 Å². The maximum atomic E-state index is 4.93. The Kier molecular flexibility index (Phi) is 10.3. The van der Waals surface area contributed by atoms with E-state index in [1.54, 1.807) is 0 Å². The SMILES string of the molecule is CCCCCCc1cc2c(-c3ccccc3)cc(C(C)C)cc2[cH-]1.[Cl][Zr][Cl]. The monoisotopic (exact) mass is 477 g/mol. The first-order valence-electron chi connectivity index (χ1n) is 9.85. The van der Waals surface area contributed by atoms with E-state index in [4.69, 9.17) is 17.0 Å². The van der Waals surface area contributed by atoms with Gasteiger partial charge in [-0.2, -0.15) is 6.07 Å². The van der Waals surface area contributed by atoms with Gasteiger partial charge in [0.1, 0.15) is 0 Å². The van der Waals surface area contributed by atoms with Crippen LogP contribution in [-0.2, 0) is 27.3 Å². The van der Waals surface area contributed by atoms with Crippen LogP contribution in [0.4, 0.5) is 0 Å². The number of fused-ring (bicyclic) bond motifs is 1. The standard InChI is InChI=1S/C24H29.2ClH.Zr/c1-4-5-6-8-11-19-14-22-16-21(18(2)3)17-24(23(22)15-19)20-12-9-7-10-13-20;;;/h7,9-10,12-18H,4-6,8,11H2,1-3H3;2*1H;/q-1;;;+2/p-2. The van der Waals surface area contributed by atoms with Crippen molar-refractivity contribution in [3.8, 4) is 11.1 Å². The van der Waals surface area contributed by atoms with Crippen LogP contribution in [0.5, 0.6) is 0 Å². The first-order chi connectivity index (χ1) is 13.1. The average molecular weight is 480 g/mol. The third-order valence-electron chi connectivity index (χ3n) is 4.98. The van der Waals surface area contributed by atoms with Crippen LogP contribution in [0.15, 0.2) is 54.6 Å². The van der Waals surface area contributed by atoms with Gasteiger partial charge in [-0.15, -0.1) is 28.5 Å². The number of rotatable bonds is 7. The number of unbranched alkanes of at least 4 members (excludes halogenated alkanes) is 3. The van der Waals surface area contributed by atoms with Crippen LogP contribution in [0.25, 0.3) is 21.9 Å². The molecule has 144 valence electrons. The number of hydrogen-bond donors (Lipinski definition) is 0. The summed E-state index contributed by atoms with van der Waals surface area (Å²) < 4.78 is 0. The molecule has 0 aliphatic carbocycles. The molecule has 0 radical (unpaired) electrons. The van der Waals surface area contributed by atoms with E-state index in [1.165, 1.54) is 65.1 Å². The van der Waals surface area contributed by atoms with Crippen LogP contribution < -0.4 is 0 Å². The van der Waals surface area contributed by atoms with Crippen LogP contribution in [0.3, 0.4) is 0 Å². The summed E-state index contributed by atoms with van der Waals surface area (Å²) >= 11 is -0.826. The van der Waals surface area contributed by atoms with E-state index in [-0.39, 0.29) is 0 Å². The van der Waals surface area contributed by atoms with Crippen LogP contribution in [-0.4, -0.2) is 0 Å². The second-order valence-corrected chi connectivity index (χ2v) is 11.1. The molecule has 3 rings (SSSR count). The first kappa shape index (κ1) is 22.8. The predicted octanol–water partition coefficient (Wildman–Crippen LogP) is 8.85. The minimum absolute atomic E-state index is 0.555. The Morgan fingerprint density at radius 2 is 1.67 bits per heavy atom. The van der Waals surface area contributed by atoms with Crippen molar-refractivity contribution < 1.29 is 20.8 Å². The molecule has 3 aromatic rings. The van der Waals surface area contributed by atoms with Crippen LogP contribution >= 0.6 is 17.0 Å². The Balaban J connectivity index is 0.000000817. The zero-order valence-electron chi connectivity index (χ0n) is 16.6. The molecule has 0 fully saturated rings. The van der Waals surface area contributed by atoms with Gasteiger partial charge >= 0.3 is 37.9 Å². The van der Waals surface area contributed by atoms with E-state index in [2.05, 4.69) is 75.4 Å². The molecular formula is C24H29Cl2Zr-. The molecule has 0 aromatic heterocycles. The van der Waals surface area contributed by atoms with Gasteiger partial charge in [-0.05, 0) is 17.9 Å². The van der Waals surface area contributed by atoms with Crippen molar-refractivity contribution in [2.45, 2.75) is 58.8 Å². The van der Waals surface area contributed by atoms with Crippen molar-refractivity contribution >= 4 is 27.8 Å². The van der Waals surface area contributed by atoms with Crippen molar-refractivity contribution in [2.75, 3.05) is 0 Å². The molecule has 3 heteroatoms. The Bertz CT molecular complexity index is 806. The van der Waals surface area contributed by atoms with E-state index >= 15 is 0 Å². The molecule has 0 spiro atoms. The second kappa shape index (κ2) is 12.2. The maximum absolute atomic E-state index is 4.93. The Morgan fingerprint density at radius 1 is 0.963 bits per heavy atom. The van der Waals surface area contributed by atoms with Crippen LogP contribution in [0, 0.1) is 0 Å². The van der Waals surface area contributed by atoms with E-state index in [9.17, 15) is 0 Å². The third-order valence-corrected chi connectivity index (χ3v) is 4.98. The zero-order valence-corrected chi connectivity index (χ0v) is 20.5. The summed E-state index contributed by atoms with van der Waals surface area (Å²) in [5, 5.41) is 2.82. The summed E-state index contributed by atoms with van der Waals surface area (Å²) in [5.74, 6) is 0.555. The van der Waals surface area contributed by atoms with E-state index in [1.807, 2.05) is 0 Å². The van der Waals surface area contributed by atoms with Gasteiger partial charge in [0, 0.05) is 0 Å². The van der Waals surface area contributed by atoms with Gasteiger partial charge in [0.15, 0.2) is 0 Å². The van der Waals surface area contributed by atoms with Gasteiger partial charge in [0.25, 0.3) is 0 Å². The molecule has 0 amide bonds. The topological polar surface area (TPSA) is 0 Å². The molecule has 0 heterocycles. The molecule has 0 saturated heterocycles. The Morgan fingerprint density at radius 3 is 2.30 bits per heavy atom. The van der Waals surface area contributed by atoms with Crippen molar-refractivity contribution in [3.05, 3.63) is 65.7 Å². The van der Waals surface area contributed by atoms with Gasteiger partial charge in [-0.25, -0.2) is 0 Å². The molecule has 0 atom stereocenters. The molecule has 0 bridgehead atoms. The molecule has 0 unspecified atom stereocenters. The molecule has 0 aliphatic heterocycles. The molecule has 0 saturated carbocycles. The molecule has 0 aliphatic rings. The molecule has 27 heavy (non-hydrogen) atoms. The van der Waals surface area contributed by atoms with Crippen molar-refractivity contribution in [1.82, 2.24) is 0 Å².